The van der Waals surface area contributed by atoms with Gasteiger partial charge in [0.05, 0.1) is 5.56 Å². The minimum absolute atomic E-state index is 0.0327. The molecule has 2 rings (SSSR count). The topological polar surface area (TPSA) is 17.1 Å². The third kappa shape index (κ3) is 2.23. The zero-order valence-electron chi connectivity index (χ0n) is 9.10. The Morgan fingerprint density at radius 1 is 1.28 bits per heavy atom. The van der Waals surface area contributed by atoms with Gasteiger partial charge in [-0.25, -0.2) is 17.6 Å². The van der Waals surface area contributed by atoms with Crippen molar-refractivity contribution in [1.29, 1.82) is 0 Å². The Hall–Kier alpha value is -1.10. The Bertz CT molecular complexity index is 483. The lowest BCUT2D eigenvalue weighted by molar-refractivity contribution is 0.00627. The van der Waals surface area contributed by atoms with E-state index in [9.17, 15) is 22.4 Å². The minimum Gasteiger partial charge on any atom is -0.294 e. The predicted molar refractivity (Wildman–Crippen MR) is 57.9 cm³/mol. The van der Waals surface area contributed by atoms with Gasteiger partial charge in [0.25, 0.3) is 0 Å². The Kier molecular flexibility index (Phi) is 3.61. The third-order valence-electron chi connectivity index (χ3n) is 3.20. The van der Waals surface area contributed by atoms with Crippen LogP contribution in [0, 0.1) is 23.5 Å². The number of halogens is 5. The molecular weight excluding hydrogens is 272 g/mol. The lowest BCUT2D eigenvalue weighted by Gasteiger charge is -2.33. The Labute approximate surface area is 106 Å². The van der Waals surface area contributed by atoms with E-state index in [0.717, 1.165) is 12.1 Å². The molecular formula is C12H9ClF4O. The highest BCUT2D eigenvalue weighted by molar-refractivity contribution is 6.31. The second kappa shape index (κ2) is 4.88. The van der Waals surface area contributed by atoms with Crippen molar-refractivity contribution >= 4 is 17.4 Å². The van der Waals surface area contributed by atoms with E-state index in [1.165, 1.54) is 0 Å². The molecule has 0 aliphatic heterocycles. The highest BCUT2D eigenvalue weighted by Gasteiger charge is 2.40. The van der Waals surface area contributed by atoms with Crippen molar-refractivity contribution < 1.29 is 22.4 Å². The molecule has 1 fully saturated rings. The van der Waals surface area contributed by atoms with Crippen LogP contribution in [0.2, 0.25) is 5.02 Å². The first-order chi connectivity index (χ1) is 8.41. The zero-order chi connectivity index (χ0) is 13.4. The van der Waals surface area contributed by atoms with E-state index in [4.69, 9.17) is 11.6 Å². The number of carbonyl (C=O) groups is 1. The Morgan fingerprint density at radius 3 is 2.44 bits per heavy atom. The van der Waals surface area contributed by atoms with Gasteiger partial charge in [0.15, 0.2) is 11.6 Å². The van der Waals surface area contributed by atoms with Crippen LogP contribution in [0.15, 0.2) is 12.1 Å². The van der Waals surface area contributed by atoms with Crippen LogP contribution in [0.4, 0.5) is 17.6 Å². The van der Waals surface area contributed by atoms with Crippen LogP contribution in [-0.2, 0) is 0 Å². The molecule has 98 valence electrons. The molecule has 1 aromatic carbocycles. The molecule has 0 bridgehead atoms. The molecule has 0 spiro atoms. The fourth-order valence-electron chi connectivity index (χ4n) is 2.02. The Balaban J connectivity index is 2.14. The summed E-state index contributed by atoms with van der Waals surface area (Å²) in [4.78, 5) is 11.8. The first-order valence-corrected chi connectivity index (χ1v) is 5.75. The lowest BCUT2D eigenvalue weighted by Crippen LogP contribution is -2.34. The molecule has 1 saturated carbocycles. The molecule has 1 aromatic rings. The quantitative estimate of drug-likeness (QED) is 0.463. The van der Waals surface area contributed by atoms with E-state index in [2.05, 4.69) is 0 Å². The molecule has 1 aliphatic carbocycles. The second-order valence-corrected chi connectivity index (χ2v) is 4.73. The van der Waals surface area contributed by atoms with Crippen LogP contribution in [0.25, 0.3) is 0 Å². The average Bonchev–Trinajstić information content (AvgIpc) is 2.23. The van der Waals surface area contributed by atoms with Crippen LogP contribution in [-0.4, -0.2) is 12.2 Å². The number of benzene rings is 1. The first-order valence-electron chi connectivity index (χ1n) is 5.37. The molecule has 0 radical (unpaired) electrons. The number of alkyl halides is 2. The standard InChI is InChI=1S/C12H9ClF4O/c13-9-8(14)2-1-7(10(9)15)11(18)5-3-6(4-5)12(16)17/h1-2,5-6,12H,3-4H2/t5-,6-. The highest BCUT2D eigenvalue weighted by Crippen LogP contribution is 2.40. The number of ketones is 1. The van der Waals surface area contributed by atoms with Gasteiger partial charge in [0.2, 0.25) is 6.43 Å². The van der Waals surface area contributed by atoms with Crippen molar-refractivity contribution in [1.82, 2.24) is 0 Å². The maximum atomic E-state index is 13.5. The summed E-state index contributed by atoms with van der Waals surface area (Å²) in [5, 5.41) is -0.745. The van der Waals surface area contributed by atoms with Gasteiger partial charge in [0.1, 0.15) is 10.8 Å². The van der Waals surface area contributed by atoms with E-state index in [0.29, 0.717) is 0 Å². The second-order valence-electron chi connectivity index (χ2n) is 4.35. The predicted octanol–water partition coefficient (Wildman–Crippen LogP) is 4.09. The molecule has 1 nitrogen and oxygen atoms in total. The summed E-state index contributed by atoms with van der Waals surface area (Å²) in [7, 11) is 0. The van der Waals surface area contributed by atoms with Crippen molar-refractivity contribution in [3.8, 4) is 0 Å². The van der Waals surface area contributed by atoms with Crippen LogP contribution in [0.5, 0.6) is 0 Å². The summed E-state index contributed by atoms with van der Waals surface area (Å²) in [6, 6.07) is 1.89. The molecule has 0 atom stereocenters. The number of hydrogen-bond acceptors (Lipinski definition) is 1. The molecule has 6 heteroatoms. The van der Waals surface area contributed by atoms with E-state index in [1.54, 1.807) is 0 Å². The number of carbonyl (C=O) groups excluding carboxylic acids is 1. The molecule has 0 N–H and O–H groups in total. The monoisotopic (exact) mass is 280 g/mol. The van der Waals surface area contributed by atoms with Crippen LogP contribution in [0.1, 0.15) is 23.2 Å². The third-order valence-corrected chi connectivity index (χ3v) is 3.55. The summed E-state index contributed by atoms with van der Waals surface area (Å²) in [5.74, 6) is -4.10. The molecule has 0 saturated heterocycles. The first kappa shape index (κ1) is 13.3. The van der Waals surface area contributed by atoms with Crippen LogP contribution >= 0.6 is 11.6 Å². The van der Waals surface area contributed by atoms with Crippen LogP contribution in [0.3, 0.4) is 0 Å². The molecule has 0 amide bonds. The van der Waals surface area contributed by atoms with E-state index >= 15 is 0 Å². The smallest absolute Gasteiger partial charge is 0.241 e. The summed E-state index contributed by atoms with van der Waals surface area (Å²) in [5.41, 5.74) is -0.334. The molecule has 0 aromatic heterocycles. The number of rotatable bonds is 3. The van der Waals surface area contributed by atoms with E-state index < -0.39 is 40.7 Å². The lowest BCUT2D eigenvalue weighted by atomic mass is 9.71. The van der Waals surface area contributed by atoms with Gasteiger partial charge < -0.3 is 0 Å². The Morgan fingerprint density at radius 2 is 1.89 bits per heavy atom. The van der Waals surface area contributed by atoms with Gasteiger partial charge in [-0.05, 0) is 25.0 Å². The molecule has 0 unspecified atom stereocenters. The number of Topliss-reactive ketones (excluding diaryl/α,β-unsaturated/α-hetero) is 1. The number of hydrogen-bond donors (Lipinski definition) is 0. The zero-order valence-corrected chi connectivity index (χ0v) is 9.85. The molecule has 18 heavy (non-hydrogen) atoms. The summed E-state index contributed by atoms with van der Waals surface area (Å²) in [6.07, 6.45) is -2.40. The van der Waals surface area contributed by atoms with E-state index in [1.807, 2.05) is 0 Å². The highest BCUT2D eigenvalue weighted by atomic mass is 35.5. The molecule has 0 heterocycles. The van der Waals surface area contributed by atoms with Gasteiger partial charge in [-0.15, -0.1) is 0 Å². The largest absolute Gasteiger partial charge is 0.294 e. The van der Waals surface area contributed by atoms with Crippen molar-refractivity contribution in [2.75, 3.05) is 0 Å². The summed E-state index contributed by atoms with van der Waals surface area (Å²) in [6.45, 7) is 0. The fraction of sp³-hybridized carbons (Fsp3) is 0.417. The van der Waals surface area contributed by atoms with Gasteiger partial charge in [-0.3, -0.25) is 4.79 Å². The fourth-order valence-corrected chi connectivity index (χ4v) is 2.18. The summed E-state index contributed by atoms with van der Waals surface area (Å²) < 4.78 is 51.0. The van der Waals surface area contributed by atoms with Crippen molar-refractivity contribution in [3.63, 3.8) is 0 Å². The van der Waals surface area contributed by atoms with Crippen molar-refractivity contribution in [2.45, 2.75) is 19.3 Å². The SMILES string of the molecule is O=C(c1ccc(F)c(Cl)c1F)[C@H]1C[C@H](C(F)F)C1. The normalized spacial score (nSPS) is 23.0. The average molecular weight is 281 g/mol. The van der Waals surface area contributed by atoms with Crippen LogP contribution < -0.4 is 0 Å². The van der Waals surface area contributed by atoms with Crippen molar-refractivity contribution in [2.24, 2.45) is 11.8 Å². The minimum atomic E-state index is -2.46. The van der Waals surface area contributed by atoms with Gasteiger partial charge in [-0.2, -0.15) is 0 Å². The van der Waals surface area contributed by atoms with Gasteiger partial charge >= 0.3 is 0 Å². The van der Waals surface area contributed by atoms with Gasteiger partial charge in [-0.1, -0.05) is 11.6 Å². The van der Waals surface area contributed by atoms with Gasteiger partial charge in [0, 0.05) is 11.8 Å². The summed E-state index contributed by atoms with van der Waals surface area (Å²) >= 11 is 5.35. The molecule has 1 aliphatic rings. The maximum absolute atomic E-state index is 13.5. The van der Waals surface area contributed by atoms with E-state index in [-0.39, 0.29) is 18.4 Å². The van der Waals surface area contributed by atoms with Crippen molar-refractivity contribution in [3.05, 3.63) is 34.4 Å². The maximum Gasteiger partial charge on any atom is 0.241 e.